The summed E-state index contributed by atoms with van der Waals surface area (Å²) < 4.78 is 5.77. The van der Waals surface area contributed by atoms with Crippen LogP contribution in [0.1, 0.15) is 214 Å². The van der Waals surface area contributed by atoms with Crippen molar-refractivity contribution in [2.75, 3.05) is 33.8 Å². The number of rotatable bonds is 36. The molecule has 286 valence electrons. The van der Waals surface area contributed by atoms with Crippen LogP contribution < -0.4 is 0 Å². The maximum atomic E-state index is 14.0. The van der Waals surface area contributed by atoms with Crippen LogP contribution in [0.15, 0.2) is 0 Å². The molecule has 0 spiro atoms. The molecule has 0 saturated heterocycles. The van der Waals surface area contributed by atoms with Gasteiger partial charge in [-0.3, -0.25) is 9.59 Å². The predicted molar refractivity (Wildman–Crippen MR) is 210 cm³/mol. The molecule has 1 amide bonds. The van der Waals surface area contributed by atoms with Gasteiger partial charge in [0.25, 0.3) is 0 Å². The summed E-state index contributed by atoms with van der Waals surface area (Å²) in [6.07, 6.45) is 32.8. The van der Waals surface area contributed by atoms with Gasteiger partial charge in [0.2, 0.25) is 5.91 Å². The Kier molecular flexibility index (Phi) is 33.6. The number of esters is 1. The Morgan fingerprint density at radius 3 is 1.52 bits per heavy atom. The molecule has 0 heterocycles. The first kappa shape index (κ1) is 46.9. The van der Waals surface area contributed by atoms with Crippen LogP contribution in [0.3, 0.4) is 0 Å². The van der Waals surface area contributed by atoms with Crippen molar-refractivity contribution in [1.82, 2.24) is 9.80 Å². The maximum Gasteiger partial charge on any atom is 0.305 e. The molecule has 48 heavy (non-hydrogen) atoms. The third-order valence-electron chi connectivity index (χ3n) is 10.4. The molecule has 3 atom stereocenters. The molecule has 0 aliphatic heterocycles. The van der Waals surface area contributed by atoms with E-state index < -0.39 is 0 Å². The minimum atomic E-state index is 0.00840. The van der Waals surface area contributed by atoms with E-state index in [1.54, 1.807) is 0 Å². The molecule has 0 rings (SSSR count). The zero-order valence-corrected chi connectivity index (χ0v) is 33.8. The number of hydrogen-bond acceptors (Lipinski definition) is 4. The standard InChI is InChI=1S/C43H86N2O3/c1-8-13-17-25-31-39(30-23-15-10-3)38-48-42(46)35-28-22-20-19-21-27-34-41(33-26-18-14-9-2)45(37-29-36-44(6)7)43(47)40(12-5)32-24-16-11-4/h39-41H,8-38H2,1-7H3. The molecule has 5 heteroatoms. The van der Waals surface area contributed by atoms with E-state index in [1.807, 2.05) is 0 Å². The first-order valence-corrected chi connectivity index (χ1v) is 21.4. The third-order valence-corrected chi connectivity index (χ3v) is 10.4. The first-order valence-electron chi connectivity index (χ1n) is 21.4. The van der Waals surface area contributed by atoms with Gasteiger partial charge in [-0.05, 0) is 77.9 Å². The Bertz CT molecular complexity index is 712. The SMILES string of the molecule is CCCCCCC(CCCCC)COC(=O)CCCCCCCCC(CCCCCC)N(CCCN(C)C)C(=O)C(CC)CCCCC. The second kappa shape index (κ2) is 34.4. The molecule has 0 radical (unpaired) electrons. The smallest absolute Gasteiger partial charge is 0.305 e. The quantitative estimate of drug-likeness (QED) is 0.0489. The summed E-state index contributed by atoms with van der Waals surface area (Å²) >= 11 is 0. The van der Waals surface area contributed by atoms with E-state index in [0.717, 1.165) is 58.0 Å². The molecule has 0 aliphatic carbocycles. The van der Waals surface area contributed by atoms with Gasteiger partial charge in [0.05, 0.1) is 6.61 Å². The van der Waals surface area contributed by atoms with Gasteiger partial charge in [-0.1, -0.05) is 157 Å². The largest absolute Gasteiger partial charge is 0.465 e. The van der Waals surface area contributed by atoms with E-state index in [0.29, 0.717) is 30.9 Å². The van der Waals surface area contributed by atoms with Crippen molar-refractivity contribution in [1.29, 1.82) is 0 Å². The summed E-state index contributed by atoms with van der Waals surface area (Å²) in [5.74, 6) is 1.16. The van der Waals surface area contributed by atoms with Crippen LogP contribution in [0.2, 0.25) is 0 Å². The molecule has 0 aromatic heterocycles. The van der Waals surface area contributed by atoms with Gasteiger partial charge in [-0.2, -0.15) is 0 Å². The minimum Gasteiger partial charge on any atom is -0.465 e. The highest BCUT2D eigenvalue weighted by atomic mass is 16.5. The lowest BCUT2D eigenvalue weighted by Crippen LogP contribution is -2.45. The van der Waals surface area contributed by atoms with E-state index >= 15 is 0 Å². The highest BCUT2D eigenvalue weighted by Gasteiger charge is 2.28. The number of nitrogens with zero attached hydrogens (tertiary/aromatic N) is 2. The van der Waals surface area contributed by atoms with Crippen LogP contribution in [0.5, 0.6) is 0 Å². The number of hydrogen-bond donors (Lipinski definition) is 0. The fraction of sp³-hybridized carbons (Fsp3) is 0.953. The van der Waals surface area contributed by atoms with Gasteiger partial charge >= 0.3 is 5.97 Å². The van der Waals surface area contributed by atoms with Crippen molar-refractivity contribution in [3.05, 3.63) is 0 Å². The Labute approximate surface area is 301 Å². The predicted octanol–water partition coefficient (Wildman–Crippen LogP) is 12.5. The van der Waals surface area contributed by atoms with Crippen LogP contribution in [0, 0.1) is 11.8 Å². The van der Waals surface area contributed by atoms with E-state index in [1.165, 1.54) is 128 Å². The summed E-state index contributed by atoms with van der Waals surface area (Å²) in [4.78, 5) is 31.1. The van der Waals surface area contributed by atoms with Crippen molar-refractivity contribution >= 4 is 11.9 Å². The fourth-order valence-corrected chi connectivity index (χ4v) is 7.16. The molecule has 5 nitrogen and oxygen atoms in total. The van der Waals surface area contributed by atoms with E-state index in [2.05, 4.69) is 58.5 Å². The Balaban J connectivity index is 4.80. The minimum absolute atomic E-state index is 0.00840. The number of carbonyl (C=O) groups is 2. The van der Waals surface area contributed by atoms with Crippen LogP contribution in [-0.2, 0) is 14.3 Å². The Morgan fingerprint density at radius 2 is 0.979 bits per heavy atom. The van der Waals surface area contributed by atoms with Crippen molar-refractivity contribution in [2.24, 2.45) is 11.8 Å². The molecular weight excluding hydrogens is 592 g/mol. The summed E-state index contributed by atoms with van der Waals surface area (Å²) in [7, 11) is 4.27. The van der Waals surface area contributed by atoms with Gasteiger partial charge in [0.1, 0.15) is 0 Å². The van der Waals surface area contributed by atoms with Crippen LogP contribution >= 0.6 is 0 Å². The van der Waals surface area contributed by atoms with Crippen LogP contribution in [0.4, 0.5) is 0 Å². The van der Waals surface area contributed by atoms with Crippen LogP contribution in [-0.4, -0.2) is 61.5 Å². The number of carbonyl (C=O) groups excluding carboxylic acids is 2. The highest BCUT2D eigenvalue weighted by Crippen LogP contribution is 2.25. The first-order chi connectivity index (χ1) is 23.3. The second-order valence-electron chi connectivity index (χ2n) is 15.3. The van der Waals surface area contributed by atoms with Crippen molar-refractivity contribution in [3.8, 4) is 0 Å². The van der Waals surface area contributed by atoms with Crippen molar-refractivity contribution in [2.45, 2.75) is 220 Å². The Hall–Kier alpha value is -1.10. The summed E-state index contributed by atoms with van der Waals surface area (Å²) in [5, 5.41) is 0. The highest BCUT2D eigenvalue weighted by molar-refractivity contribution is 5.79. The molecule has 0 aromatic carbocycles. The van der Waals surface area contributed by atoms with Gasteiger partial charge in [-0.25, -0.2) is 0 Å². The molecule has 3 unspecified atom stereocenters. The molecule has 0 saturated carbocycles. The van der Waals surface area contributed by atoms with Crippen molar-refractivity contribution in [3.63, 3.8) is 0 Å². The topological polar surface area (TPSA) is 49.9 Å². The molecule has 0 fully saturated rings. The number of unbranched alkanes of at least 4 members (excludes halogenated alkanes) is 15. The zero-order valence-electron chi connectivity index (χ0n) is 33.8. The van der Waals surface area contributed by atoms with Crippen molar-refractivity contribution < 1.29 is 14.3 Å². The third kappa shape index (κ3) is 26.7. The molecule has 0 bridgehead atoms. The van der Waals surface area contributed by atoms with Gasteiger partial charge in [-0.15, -0.1) is 0 Å². The molecule has 0 aliphatic rings. The van der Waals surface area contributed by atoms with E-state index in [9.17, 15) is 9.59 Å². The molecular formula is C43H86N2O3. The van der Waals surface area contributed by atoms with E-state index in [4.69, 9.17) is 4.74 Å². The number of ether oxygens (including phenoxy) is 1. The summed E-state index contributed by atoms with van der Waals surface area (Å²) in [5.41, 5.74) is 0. The lowest BCUT2D eigenvalue weighted by molar-refractivity contribution is -0.145. The normalized spacial score (nSPS) is 13.5. The van der Waals surface area contributed by atoms with Gasteiger partial charge in [0.15, 0.2) is 0 Å². The molecule has 0 N–H and O–H groups in total. The van der Waals surface area contributed by atoms with Gasteiger partial charge < -0.3 is 14.5 Å². The second-order valence-corrected chi connectivity index (χ2v) is 15.3. The monoisotopic (exact) mass is 679 g/mol. The summed E-state index contributed by atoms with van der Waals surface area (Å²) in [6, 6.07) is 0.379. The number of amides is 1. The van der Waals surface area contributed by atoms with Gasteiger partial charge in [0, 0.05) is 24.9 Å². The summed E-state index contributed by atoms with van der Waals surface area (Å²) in [6.45, 7) is 13.8. The zero-order chi connectivity index (χ0) is 35.7. The average Bonchev–Trinajstić information content (AvgIpc) is 3.07. The maximum absolute atomic E-state index is 14.0. The Morgan fingerprint density at radius 1 is 0.521 bits per heavy atom. The lowest BCUT2D eigenvalue weighted by atomic mass is 9.93. The average molecular weight is 679 g/mol. The lowest BCUT2D eigenvalue weighted by Gasteiger charge is -2.35. The fourth-order valence-electron chi connectivity index (χ4n) is 7.16. The molecule has 0 aromatic rings. The van der Waals surface area contributed by atoms with E-state index in [-0.39, 0.29) is 11.9 Å². The van der Waals surface area contributed by atoms with Crippen LogP contribution in [0.25, 0.3) is 0 Å².